The molecule has 1 fully saturated rings. The number of nitrogens with one attached hydrogen (secondary N) is 1. The lowest BCUT2D eigenvalue weighted by atomic mass is 10.0. The molecule has 0 spiro atoms. The molecule has 0 radical (unpaired) electrons. The molecular formula is C14H20N2O. The first kappa shape index (κ1) is 12.1. The van der Waals surface area contributed by atoms with E-state index < -0.39 is 0 Å². The number of likely N-dealkylation sites (tertiary alicyclic amines) is 1. The number of likely N-dealkylation sites (N-methyl/N-ethyl adjacent to an activating group) is 1. The van der Waals surface area contributed by atoms with Gasteiger partial charge in [0.25, 0.3) is 0 Å². The van der Waals surface area contributed by atoms with E-state index in [4.69, 9.17) is 0 Å². The van der Waals surface area contributed by atoms with Crippen molar-refractivity contribution in [1.29, 1.82) is 0 Å². The van der Waals surface area contributed by atoms with Crippen molar-refractivity contribution in [2.24, 2.45) is 0 Å². The van der Waals surface area contributed by atoms with Crippen molar-refractivity contribution in [2.75, 3.05) is 20.1 Å². The Labute approximate surface area is 103 Å². The predicted octanol–water partition coefficient (Wildman–Crippen LogP) is 1.88. The van der Waals surface area contributed by atoms with E-state index in [0.717, 1.165) is 13.0 Å². The second kappa shape index (κ2) is 5.32. The van der Waals surface area contributed by atoms with Crippen molar-refractivity contribution in [3.8, 4) is 0 Å². The van der Waals surface area contributed by atoms with E-state index in [-0.39, 0.29) is 5.91 Å². The fraction of sp³-hybridized carbons (Fsp3) is 0.500. The van der Waals surface area contributed by atoms with Crippen molar-refractivity contribution in [2.45, 2.75) is 25.8 Å². The van der Waals surface area contributed by atoms with E-state index >= 15 is 0 Å². The van der Waals surface area contributed by atoms with E-state index in [1.165, 1.54) is 17.5 Å². The van der Waals surface area contributed by atoms with Crippen LogP contribution in [0.2, 0.25) is 0 Å². The zero-order valence-corrected chi connectivity index (χ0v) is 10.6. The Kier molecular flexibility index (Phi) is 3.79. The number of rotatable bonds is 3. The molecule has 3 nitrogen and oxygen atoms in total. The van der Waals surface area contributed by atoms with Gasteiger partial charge in [0, 0.05) is 13.1 Å². The molecule has 92 valence electrons. The number of nitrogens with zero attached hydrogens (tertiary/aromatic N) is 1. The first-order chi connectivity index (χ1) is 8.20. The molecule has 0 aromatic heterocycles. The first-order valence-corrected chi connectivity index (χ1v) is 6.22. The lowest BCUT2D eigenvalue weighted by Gasteiger charge is -2.24. The number of aryl methyl sites for hydroxylation is 1. The summed E-state index contributed by atoms with van der Waals surface area (Å²) in [5.41, 5.74) is 2.61. The Morgan fingerprint density at radius 1 is 1.41 bits per heavy atom. The van der Waals surface area contributed by atoms with E-state index in [1.54, 1.807) is 7.05 Å². The Morgan fingerprint density at radius 2 is 2.12 bits per heavy atom. The lowest BCUT2D eigenvalue weighted by molar-refractivity contribution is -0.122. The molecule has 1 aliphatic rings. The first-order valence-electron chi connectivity index (χ1n) is 6.22. The van der Waals surface area contributed by atoms with Gasteiger partial charge in [0.05, 0.1) is 6.54 Å². The number of amides is 1. The van der Waals surface area contributed by atoms with Gasteiger partial charge in [0.2, 0.25) is 5.91 Å². The molecule has 3 heteroatoms. The molecule has 1 aromatic carbocycles. The van der Waals surface area contributed by atoms with Crippen LogP contribution in [-0.4, -0.2) is 30.9 Å². The quantitative estimate of drug-likeness (QED) is 0.863. The SMILES string of the molecule is CNC(=O)CN1CCCC1c1ccc(C)cc1. The maximum Gasteiger partial charge on any atom is 0.233 e. The molecule has 1 N–H and O–H groups in total. The van der Waals surface area contributed by atoms with Gasteiger partial charge in [-0.3, -0.25) is 9.69 Å². The Hall–Kier alpha value is -1.35. The zero-order valence-electron chi connectivity index (χ0n) is 10.6. The molecule has 0 saturated carbocycles. The van der Waals surface area contributed by atoms with E-state index in [1.807, 2.05) is 0 Å². The molecule has 17 heavy (non-hydrogen) atoms. The molecule has 2 rings (SSSR count). The number of hydrogen-bond donors (Lipinski definition) is 1. The third kappa shape index (κ3) is 2.86. The van der Waals surface area contributed by atoms with Crippen LogP contribution >= 0.6 is 0 Å². The van der Waals surface area contributed by atoms with Crippen LogP contribution in [0.3, 0.4) is 0 Å². The summed E-state index contributed by atoms with van der Waals surface area (Å²) in [5, 5.41) is 2.69. The predicted molar refractivity (Wildman–Crippen MR) is 68.8 cm³/mol. The highest BCUT2D eigenvalue weighted by Gasteiger charge is 2.26. The van der Waals surface area contributed by atoms with Gasteiger partial charge < -0.3 is 5.32 Å². The second-order valence-corrected chi connectivity index (χ2v) is 4.71. The third-order valence-electron chi connectivity index (χ3n) is 3.45. The van der Waals surface area contributed by atoms with E-state index in [9.17, 15) is 4.79 Å². The summed E-state index contributed by atoms with van der Waals surface area (Å²) in [6, 6.07) is 9.06. The van der Waals surface area contributed by atoms with Crippen molar-refractivity contribution in [1.82, 2.24) is 10.2 Å². The van der Waals surface area contributed by atoms with Crippen molar-refractivity contribution in [3.63, 3.8) is 0 Å². The lowest BCUT2D eigenvalue weighted by Crippen LogP contribution is -2.35. The van der Waals surface area contributed by atoms with Gasteiger partial charge in [-0.2, -0.15) is 0 Å². The maximum absolute atomic E-state index is 11.4. The monoisotopic (exact) mass is 232 g/mol. The topological polar surface area (TPSA) is 32.3 Å². The summed E-state index contributed by atoms with van der Waals surface area (Å²) < 4.78 is 0. The summed E-state index contributed by atoms with van der Waals surface area (Å²) in [6.07, 6.45) is 2.33. The number of carbonyl (C=O) groups is 1. The van der Waals surface area contributed by atoms with Gasteiger partial charge in [-0.15, -0.1) is 0 Å². The van der Waals surface area contributed by atoms with Crippen LogP contribution in [0.1, 0.15) is 30.0 Å². The summed E-state index contributed by atoms with van der Waals surface area (Å²) >= 11 is 0. The van der Waals surface area contributed by atoms with Gasteiger partial charge in [0.1, 0.15) is 0 Å². The van der Waals surface area contributed by atoms with Crippen molar-refractivity contribution < 1.29 is 4.79 Å². The van der Waals surface area contributed by atoms with Gasteiger partial charge >= 0.3 is 0 Å². The number of hydrogen-bond acceptors (Lipinski definition) is 2. The molecule has 1 heterocycles. The highest BCUT2D eigenvalue weighted by molar-refractivity contribution is 5.77. The fourth-order valence-corrected chi connectivity index (χ4v) is 2.44. The minimum atomic E-state index is 0.101. The van der Waals surface area contributed by atoms with Gasteiger partial charge in [-0.1, -0.05) is 29.8 Å². The van der Waals surface area contributed by atoms with Crippen molar-refractivity contribution in [3.05, 3.63) is 35.4 Å². The summed E-state index contributed by atoms with van der Waals surface area (Å²) in [7, 11) is 1.69. The average molecular weight is 232 g/mol. The standard InChI is InChI=1S/C14H20N2O/c1-11-5-7-12(8-6-11)13-4-3-9-16(13)10-14(17)15-2/h5-8,13H,3-4,9-10H2,1-2H3,(H,15,17). The second-order valence-electron chi connectivity index (χ2n) is 4.71. The molecule has 0 bridgehead atoms. The van der Waals surface area contributed by atoms with Crippen LogP contribution in [-0.2, 0) is 4.79 Å². The van der Waals surface area contributed by atoms with Gasteiger partial charge in [-0.05, 0) is 31.9 Å². The fourth-order valence-electron chi connectivity index (χ4n) is 2.44. The van der Waals surface area contributed by atoms with Crippen LogP contribution in [0.4, 0.5) is 0 Å². The molecule has 1 aromatic rings. The van der Waals surface area contributed by atoms with Crippen LogP contribution in [0.15, 0.2) is 24.3 Å². The Bertz CT molecular complexity index is 386. The number of benzene rings is 1. The average Bonchev–Trinajstić information content (AvgIpc) is 2.78. The summed E-state index contributed by atoms with van der Waals surface area (Å²) in [5.74, 6) is 0.101. The highest BCUT2D eigenvalue weighted by atomic mass is 16.1. The molecule has 1 aliphatic heterocycles. The van der Waals surface area contributed by atoms with Crippen LogP contribution in [0.5, 0.6) is 0 Å². The molecule has 1 unspecified atom stereocenters. The normalized spacial score (nSPS) is 20.5. The van der Waals surface area contributed by atoms with Gasteiger partial charge in [0.15, 0.2) is 0 Å². The summed E-state index contributed by atoms with van der Waals surface area (Å²) in [4.78, 5) is 13.7. The largest absolute Gasteiger partial charge is 0.358 e. The molecule has 1 atom stereocenters. The maximum atomic E-state index is 11.4. The van der Waals surface area contributed by atoms with E-state index in [2.05, 4.69) is 41.4 Å². The Balaban J connectivity index is 2.08. The third-order valence-corrected chi connectivity index (χ3v) is 3.45. The Morgan fingerprint density at radius 3 is 2.76 bits per heavy atom. The molecule has 1 amide bonds. The minimum Gasteiger partial charge on any atom is -0.358 e. The van der Waals surface area contributed by atoms with E-state index in [0.29, 0.717) is 12.6 Å². The highest BCUT2D eigenvalue weighted by Crippen LogP contribution is 2.31. The zero-order chi connectivity index (χ0) is 12.3. The molecule has 1 saturated heterocycles. The van der Waals surface area contributed by atoms with Crippen LogP contribution in [0.25, 0.3) is 0 Å². The summed E-state index contributed by atoms with van der Waals surface area (Å²) in [6.45, 7) is 3.63. The smallest absolute Gasteiger partial charge is 0.233 e. The molecular weight excluding hydrogens is 212 g/mol. The minimum absolute atomic E-state index is 0.101. The number of carbonyl (C=O) groups excluding carboxylic acids is 1. The van der Waals surface area contributed by atoms with Crippen LogP contribution < -0.4 is 5.32 Å². The molecule has 0 aliphatic carbocycles. The van der Waals surface area contributed by atoms with Crippen molar-refractivity contribution >= 4 is 5.91 Å². The van der Waals surface area contributed by atoms with Crippen LogP contribution in [0, 0.1) is 6.92 Å². The van der Waals surface area contributed by atoms with Gasteiger partial charge in [-0.25, -0.2) is 0 Å².